The number of amides is 1. The van der Waals surface area contributed by atoms with Crippen molar-refractivity contribution in [2.24, 2.45) is 10.9 Å². The highest BCUT2D eigenvalue weighted by atomic mass is 35.5. The Morgan fingerprint density at radius 1 is 1.39 bits per heavy atom. The van der Waals surface area contributed by atoms with E-state index in [1.54, 1.807) is 13.0 Å². The van der Waals surface area contributed by atoms with E-state index in [0.29, 0.717) is 33.9 Å². The first-order valence-electron chi connectivity index (χ1n) is 10.2. The van der Waals surface area contributed by atoms with Crippen LogP contribution in [-0.4, -0.2) is 35.1 Å². The topological polar surface area (TPSA) is 71.0 Å². The van der Waals surface area contributed by atoms with Gasteiger partial charge in [0.25, 0.3) is 0 Å². The minimum absolute atomic E-state index is 0.0417. The molecular formula is C23H24ClN3O3S. The maximum Gasteiger partial charge on any atom is 0.338 e. The molecule has 2 heterocycles. The number of nitrogens with one attached hydrogen (secondary N) is 1. The molecule has 31 heavy (non-hydrogen) atoms. The van der Waals surface area contributed by atoms with E-state index in [0.717, 1.165) is 11.3 Å². The average Bonchev–Trinajstić information content (AvgIpc) is 3.51. The van der Waals surface area contributed by atoms with E-state index in [-0.39, 0.29) is 18.9 Å². The van der Waals surface area contributed by atoms with Crippen LogP contribution >= 0.6 is 23.4 Å². The smallest absolute Gasteiger partial charge is 0.338 e. The molecule has 6 nitrogen and oxygen atoms in total. The lowest BCUT2D eigenvalue weighted by atomic mass is 9.93. The van der Waals surface area contributed by atoms with Crippen molar-refractivity contribution in [2.45, 2.75) is 32.2 Å². The van der Waals surface area contributed by atoms with Crippen molar-refractivity contribution in [3.8, 4) is 0 Å². The molecular weight excluding hydrogens is 434 g/mol. The zero-order chi connectivity index (χ0) is 22.0. The first-order valence-corrected chi connectivity index (χ1v) is 11.5. The Morgan fingerprint density at radius 2 is 2.16 bits per heavy atom. The Hall–Kier alpha value is -2.51. The normalized spacial score (nSPS) is 20.1. The van der Waals surface area contributed by atoms with Crippen molar-refractivity contribution >= 4 is 40.4 Å². The number of esters is 1. The van der Waals surface area contributed by atoms with Gasteiger partial charge in [-0.2, -0.15) is 0 Å². The van der Waals surface area contributed by atoms with Crippen molar-refractivity contribution < 1.29 is 14.3 Å². The number of ether oxygens (including phenoxy) is 1. The minimum Gasteiger partial charge on any atom is -0.458 e. The monoisotopic (exact) mass is 457 g/mol. The number of thioether (sulfide) groups is 1. The lowest BCUT2D eigenvalue weighted by Gasteiger charge is -2.36. The molecule has 1 unspecified atom stereocenters. The minimum atomic E-state index is -0.531. The summed E-state index contributed by atoms with van der Waals surface area (Å²) < 4.78 is 5.37. The van der Waals surface area contributed by atoms with Crippen LogP contribution in [0.15, 0.2) is 64.3 Å². The van der Waals surface area contributed by atoms with Gasteiger partial charge in [0.2, 0.25) is 5.91 Å². The molecule has 1 aromatic carbocycles. The van der Waals surface area contributed by atoms with Gasteiger partial charge in [-0.3, -0.25) is 4.79 Å². The number of allylic oxidation sites excluding steroid dienone is 1. The average molecular weight is 458 g/mol. The first-order chi connectivity index (χ1) is 15.0. The molecule has 162 valence electrons. The number of rotatable bonds is 8. The van der Waals surface area contributed by atoms with Crippen LogP contribution in [0, 0.1) is 5.92 Å². The van der Waals surface area contributed by atoms with Gasteiger partial charge < -0.3 is 15.0 Å². The predicted octanol–water partition coefficient (Wildman–Crippen LogP) is 4.56. The number of carbonyl (C=O) groups excluding carboxylic acids is 2. The molecule has 1 aliphatic carbocycles. The van der Waals surface area contributed by atoms with Gasteiger partial charge in [0.1, 0.15) is 6.61 Å². The number of fused-ring (bicyclic) bond motifs is 1. The summed E-state index contributed by atoms with van der Waals surface area (Å²) in [5, 5.41) is 6.18. The third-order valence-corrected chi connectivity index (χ3v) is 6.61. The summed E-state index contributed by atoms with van der Waals surface area (Å²) in [5.74, 6) is 0.0928. The largest absolute Gasteiger partial charge is 0.458 e. The molecule has 1 saturated carbocycles. The second kappa shape index (κ2) is 9.32. The van der Waals surface area contributed by atoms with Crippen LogP contribution in [-0.2, 0) is 14.3 Å². The quantitative estimate of drug-likeness (QED) is 0.457. The third-order valence-electron chi connectivity index (χ3n) is 5.38. The van der Waals surface area contributed by atoms with E-state index in [2.05, 4.69) is 16.9 Å². The maximum absolute atomic E-state index is 13.0. The number of halogens is 1. The first kappa shape index (κ1) is 21.7. The lowest BCUT2D eigenvalue weighted by Crippen LogP contribution is -2.38. The number of hydrogen-bond acceptors (Lipinski definition) is 6. The molecule has 1 atom stereocenters. The fraction of sp³-hybridized carbons (Fsp3) is 0.348. The molecule has 1 fully saturated rings. The van der Waals surface area contributed by atoms with Gasteiger partial charge in [-0.1, -0.05) is 54.2 Å². The van der Waals surface area contributed by atoms with Crippen molar-refractivity contribution in [1.82, 2.24) is 10.2 Å². The fourth-order valence-corrected chi connectivity index (χ4v) is 4.84. The molecule has 0 radical (unpaired) electrons. The highest BCUT2D eigenvalue weighted by Crippen LogP contribution is 2.46. The molecule has 0 saturated heterocycles. The number of nitrogens with zero attached hydrogens (tertiary/aromatic N) is 2. The Morgan fingerprint density at radius 3 is 2.87 bits per heavy atom. The molecule has 0 aromatic heterocycles. The van der Waals surface area contributed by atoms with Crippen molar-refractivity contribution in [3.05, 3.63) is 69.9 Å². The Balaban J connectivity index is 1.67. The maximum atomic E-state index is 13.0. The predicted molar refractivity (Wildman–Crippen MR) is 123 cm³/mol. The molecule has 0 bridgehead atoms. The molecule has 4 rings (SSSR count). The van der Waals surface area contributed by atoms with Crippen LogP contribution in [0.5, 0.6) is 0 Å². The zero-order valence-corrected chi connectivity index (χ0v) is 18.8. The number of hydrogen-bond donors (Lipinski definition) is 1. The standard InChI is InChI=1S/C23H24ClN3O3S/c1-3-10-30-22(29)20-14(2)26-23-27(21(20)17-6-4-5-7-18(17)24)16(13-31-23)11-19(28)25-12-15-8-9-15/h3-7,13,15,21H,1,8-12H2,2H3,(H,25,28). The number of benzene rings is 1. The molecule has 0 spiro atoms. The van der Waals surface area contributed by atoms with Crippen molar-refractivity contribution in [1.29, 1.82) is 0 Å². The summed E-state index contributed by atoms with van der Waals surface area (Å²) in [7, 11) is 0. The summed E-state index contributed by atoms with van der Waals surface area (Å²) in [5.41, 5.74) is 2.52. The third kappa shape index (κ3) is 4.72. The zero-order valence-electron chi connectivity index (χ0n) is 17.3. The van der Waals surface area contributed by atoms with Crippen LogP contribution in [0.3, 0.4) is 0 Å². The molecule has 1 amide bonds. The highest BCUT2D eigenvalue weighted by molar-refractivity contribution is 8.16. The summed E-state index contributed by atoms with van der Waals surface area (Å²) in [4.78, 5) is 32.1. The lowest BCUT2D eigenvalue weighted by molar-refractivity contribution is -0.138. The Kier molecular flexibility index (Phi) is 6.53. The molecule has 1 N–H and O–H groups in total. The van der Waals surface area contributed by atoms with Crippen molar-refractivity contribution in [3.63, 3.8) is 0 Å². The SMILES string of the molecule is C=CCOC(=O)C1=C(C)N=C2SC=C(CC(=O)NCC3CC3)N2C1c1ccccc1Cl. The van der Waals surface area contributed by atoms with E-state index in [1.807, 2.05) is 28.5 Å². The fourth-order valence-electron chi connectivity index (χ4n) is 3.64. The molecule has 1 aromatic rings. The second-order valence-electron chi connectivity index (χ2n) is 7.73. The van der Waals surface area contributed by atoms with Crippen LogP contribution in [0.25, 0.3) is 0 Å². The molecule has 2 aliphatic heterocycles. The van der Waals surface area contributed by atoms with Gasteiger partial charge in [-0.15, -0.1) is 0 Å². The van der Waals surface area contributed by atoms with Crippen LogP contribution in [0.2, 0.25) is 5.02 Å². The van der Waals surface area contributed by atoms with Crippen LogP contribution in [0.1, 0.15) is 37.8 Å². The van der Waals surface area contributed by atoms with Gasteiger partial charge in [0.05, 0.1) is 23.7 Å². The van der Waals surface area contributed by atoms with E-state index in [1.165, 1.54) is 30.7 Å². The van der Waals surface area contributed by atoms with E-state index < -0.39 is 12.0 Å². The Bertz CT molecular complexity index is 1010. The summed E-state index contributed by atoms with van der Waals surface area (Å²) in [6, 6.07) is 6.87. The highest BCUT2D eigenvalue weighted by Gasteiger charge is 2.41. The van der Waals surface area contributed by atoms with Crippen molar-refractivity contribution in [2.75, 3.05) is 13.2 Å². The summed E-state index contributed by atoms with van der Waals surface area (Å²) in [6.45, 7) is 6.22. The number of aliphatic imine (C=N–C) groups is 1. The van der Waals surface area contributed by atoms with Gasteiger partial charge in [-0.05, 0) is 42.7 Å². The molecule has 8 heteroatoms. The van der Waals surface area contributed by atoms with Gasteiger partial charge in [-0.25, -0.2) is 9.79 Å². The number of carbonyl (C=O) groups is 2. The van der Waals surface area contributed by atoms with Crippen LogP contribution < -0.4 is 5.32 Å². The van der Waals surface area contributed by atoms with E-state index in [9.17, 15) is 9.59 Å². The van der Waals surface area contributed by atoms with Gasteiger partial charge >= 0.3 is 5.97 Å². The summed E-state index contributed by atoms with van der Waals surface area (Å²) >= 11 is 7.99. The molecule has 3 aliphatic rings. The van der Waals surface area contributed by atoms with E-state index >= 15 is 0 Å². The number of amidine groups is 1. The van der Waals surface area contributed by atoms with E-state index in [4.69, 9.17) is 16.3 Å². The van der Waals surface area contributed by atoms with Gasteiger partial charge in [0, 0.05) is 17.3 Å². The Labute approximate surface area is 191 Å². The van der Waals surface area contributed by atoms with Gasteiger partial charge in [0.15, 0.2) is 5.17 Å². The second-order valence-corrected chi connectivity index (χ2v) is 8.97. The summed E-state index contributed by atoms with van der Waals surface area (Å²) in [6.07, 6.45) is 4.08. The van der Waals surface area contributed by atoms with Crippen LogP contribution in [0.4, 0.5) is 0 Å².